The van der Waals surface area contributed by atoms with E-state index in [0.717, 1.165) is 21.7 Å². The third-order valence-corrected chi connectivity index (χ3v) is 5.61. The Kier molecular flexibility index (Phi) is 2.63. The van der Waals surface area contributed by atoms with E-state index in [4.69, 9.17) is 11.6 Å². The highest BCUT2D eigenvalue weighted by molar-refractivity contribution is 9.10. The lowest BCUT2D eigenvalue weighted by atomic mass is 10.2. The summed E-state index contributed by atoms with van der Waals surface area (Å²) in [5, 5.41) is 5.55. The van der Waals surface area contributed by atoms with Gasteiger partial charge in [0.05, 0.1) is 5.02 Å². The van der Waals surface area contributed by atoms with Crippen LogP contribution >= 0.6 is 27.5 Å². The molecule has 1 N–H and O–H groups in total. The third kappa shape index (κ3) is 2.02. The fourth-order valence-electron chi connectivity index (χ4n) is 2.85. The lowest BCUT2D eigenvalue weighted by molar-refractivity contribution is -0.117. The number of pyridine rings is 1. The molecule has 0 aliphatic heterocycles. The van der Waals surface area contributed by atoms with Gasteiger partial charge in [0, 0.05) is 22.0 Å². The second-order valence-corrected chi connectivity index (χ2v) is 7.05. The molecule has 2 fully saturated rings. The summed E-state index contributed by atoms with van der Waals surface area (Å²) >= 11 is 9.46. The van der Waals surface area contributed by atoms with E-state index >= 15 is 0 Å². The standard InChI is InChI=1S/C15H12BrClN2O/c16-11-3-8-5-13(18-7-9(8)4-12(11)17)19-14(20)10-6-15(10)1-2-15/h3-5,7,10H,1-2,6H2,(H,18,19,20)/t10-/m0/s1. The molecule has 3 nitrogen and oxygen atoms in total. The maximum absolute atomic E-state index is 12.1. The second-order valence-electron chi connectivity index (χ2n) is 5.79. The van der Waals surface area contributed by atoms with Gasteiger partial charge in [0.1, 0.15) is 5.82 Å². The smallest absolute Gasteiger partial charge is 0.229 e. The van der Waals surface area contributed by atoms with E-state index in [9.17, 15) is 4.79 Å². The summed E-state index contributed by atoms with van der Waals surface area (Å²) in [6.07, 6.45) is 5.21. The molecule has 1 heterocycles. The van der Waals surface area contributed by atoms with Gasteiger partial charge in [0.2, 0.25) is 5.91 Å². The topological polar surface area (TPSA) is 42.0 Å². The monoisotopic (exact) mass is 350 g/mol. The van der Waals surface area contributed by atoms with Crippen LogP contribution in [0.4, 0.5) is 5.82 Å². The van der Waals surface area contributed by atoms with E-state index in [1.165, 1.54) is 12.8 Å². The van der Waals surface area contributed by atoms with Crippen molar-refractivity contribution in [1.29, 1.82) is 0 Å². The van der Waals surface area contributed by atoms with Crippen molar-refractivity contribution in [3.05, 3.63) is 33.9 Å². The van der Waals surface area contributed by atoms with Crippen LogP contribution in [0.2, 0.25) is 5.02 Å². The highest BCUT2D eigenvalue weighted by atomic mass is 79.9. The number of nitrogens with one attached hydrogen (secondary N) is 1. The molecule has 20 heavy (non-hydrogen) atoms. The van der Waals surface area contributed by atoms with Crippen LogP contribution in [0, 0.1) is 11.3 Å². The number of nitrogens with zero attached hydrogens (tertiary/aromatic N) is 1. The Morgan fingerprint density at radius 3 is 2.85 bits per heavy atom. The third-order valence-electron chi connectivity index (χ3n) is 4.41. The summed E-state index contributed by atoms with van der Waals surface area (Å²) in [7, 11) is 0. The lowest BCUT2D eigenvalue weighted by Gasteiger charge is -2.06. The Morgan fingerprint density at radius 1 is 1.35 bits per heavy atom. The number of amides is 1. The van der Waals surface area contributed by atoms with Crippen LogP contribution in [0.15, 0.2) is 28.9 Å². The number of anilines is 1. The number of benzene rings is 1. The van der Waals surface area contributed by atoms with Crippen LogP contribution < -0.4 is 5.32 Å². The molecule has 5 heteroatoms. The summed E-state index contributed by atoms with van der Waals surface area (Å²) in [5.74, 6) is 0.929. The largest absolute Gasteiger partial charge is 0.310 e. The molecule has 2 aliphatic rings. The summed E-state index contributed by atoms with van der Waals surface area (Å²) in [4.78, 5) is 16.4. The number of hydrogen-bond donors (Lipinski definition) is 1. The Bertz CT molecular complexity index is 742. The minimum atomic E-state index is 0.113. The van der Waals surface area contributed by atoms with E-state index in [1.54, 1.807) is 6.20 Å². The minimum Gasteiger partial charge on any atom is -0.310 e. The molecule has 0 radical (unpaired) electrons. The molecule has 4 rings (SSSR count). The quantitative estimate of drug-likeness (QED) is 0.872. The van der Waals surface area contributed by atoms with E-state index < -0.39 is 0 Å². The molecule has 102 valence electrons. The van der Waals surface area contributed by atoms with E-state index in [0.29, 0.717) is 16.3 Å². The fraction of sp³-hybridized carbons (Fsp3) is 0.333. The zero-order chi connectivity index (χ0) is 13.9. The van der Waals surface area contributed by atoms with Crippen molar-refractivity contribution >= 4 is 50.0 Å². The highest BCUT2D eigenvalue weighted by Gasteiger charge is 2.65. The molecule has 1 spiro atoms. The van der Waals surface area contributed by atoms with Gasteiger partial charge in [-0.25, -0.2) is 4.98 Å². The maximum Gasteiger partial charge on any atom is 0.229 e. The highest BCUT2D eigenvalue weighted by Crippen LogP contribution is 2.70. The molecular formula is C15H12BrClN2O. The van der Waals surface area contributed by atoms with Gasteiger partial charge in [-0.05, 0) is 64.2 Å². The van der Waals surface area contributed by atoms with Gasteiger partial charge in [-0.1, -0.05) is 11.6 Å². The number of aromatic nitrogens is 1. The van der Waals surface area contributed by atoms with Gasteiger partial charge in [0.15, 0.2) is 0 Å². The molecule has 0 bridgehead atoms. The first-order chi connectivity index (χ1) is 9.57. The van der Waals surface area contributed by atoms with Crippen LogP contribution in [0.1, 0.15) is 19.3 Å². The first kappa shape index (κ1) is 12.6. The number of halogens is 2. The van der Waals surface area contributed by atoms with Crippen molar-refractivity contribution in [3.8, 4) is 0 Å². The average Bonchev–Trinajstić information content (AvgIpc) is 3.32. The van der Waals surface area contributed by atoms with Crippen molar-refractivity contribution < 1.29 is 4.79 Å². The fourth-order valence-corrected chi connectivity index (χ4v) is 3.38. The second kappa shape index (κ2) is 4.18. The molecule has 2 aromatic rings. The van der Waals surface area contributed by atoms with Gasteiger partial charge in [-0.3, -0.25) is 4.79 Å². The number of rotatable bonds is 2. The number of fused-ring (bicyclic) bond motifs is 1. The molecule has 0 saturated heterocycles. The van der Waals surface area contributed by atoms with Gasteiger partial charge in [-0.15, -0.1) is 0 Å². The Balaban J connectivity index is 1.60. The van der Waals surface area contributed by atoms with Crippen molar-refractivity contribution in [3.63, 3.8) is 0 Å². The minimum absolute atomic E-state index is 0.113. The van der Waals surface area contributed by atoms with Crippen LogP contribution in [0.25, 0.3) is 10.8 Å². The normalized spacial score (nSPS) is 22.0. The predicted molar refractivity (Wildman–Crippen MR) is 82.9 cm³/mol. The first-order valence-electron chi connectivity index (χ1n) is 6.63. The van der Waals surface area contributed by atoms with Crippen LogP contribution in [0.3, 0.4) is 0 Å². The number of carbonyl (C=O) groups excluding carboxylic acids is 1. The van der Waals surface area contributed by atoms with Gasteiger partial charge in [0.25, 0.3) is 0 Å². The molecule has 2 aliphatic carbocycles. The molecule has 1 amide bonds. The van der Waals surface area contributed by atoms with Crippen molar-refractivity contribution in [1.82, 2.24) is 4.98 Å². The molecule has 0 unspecified atom stereocenters. The molecule has 2 saturated carbocycles. The maximum atomic E-state index is 12.1. The summed E-state index contributed by atoms with van der Waals surface area (Å²) in [6.45, 7) is 0. The van der Waals surface area contributed by atoms with Crippen molar-refractivity contribution in [2.24, 2.45) is 11.3 Å². The SMILES string of the molecule is O=C(Nc1cc2cc(Br)c(Cl)cc2cn1)[C@@H]1CC12CC2. The van der Waals surface area contributed by atoms with E-state index in [2.05, 4.69) is 26.2 Å². The van der Waals surface area contributed by atoms with Crippen LogP contribution in [-0.2, 0) is 4.79 Å². The summed E-state index contributed by atoms with van der Waals surface area (Å²) < 4.78 is 0.842. The van der Waals surface area contributed by atoms with Crippen molar-refractivity contribution in [2.45, 2.75) is 19.3 Å². The Hall–Kier alpha value is -1.13. The van der Waals surface area contributed by atoms with E-state index in [1.807, 2.05) is 18.2 Å². The molecule has 1 atom stereocenters. The zero-order valence-corrected chi connectivity index (χ0v) is 13.0. The molecule has 1 aromatic heterocycles. The first-order valence-corrected chi connectivity index (χ1v) is 7.80. The molecular weight excluding hydrogens is 340 g/mol. The molecule has 1 aromatic carbocycles. The van der Waals surface area contributed by atoms with E-state index in [-0.39, 0.29) is 11.8 Å². The predicted octanol–water partition coefficient (Wildman–Crippen LogP) is 4.39. The number of hydrogen-bond acceptors (Lipinski definition) is 2. The van der Waals surface area contributed by atoms with Crippen LogP contribution in [-0.4, -0.2) is 10.9 Å². The van der Waals surface area contributed by atoms with Crippen LogP contribution in [0.5, 0.6) is 0 Å². The Morgan fingerprint density at radius 2 is 2.15 bits per heavy atom. The van der Waals surface area contributed by atoms with Gasteiger partial charge < -0.3 is 5.32 Å². The lowest BCUT2D eigenvalue weighted by Crippen LogP contribution is -2.15. The summed E-state index contributed by atoms with van der Waals surface area (Å²) in [5.41, 5.74) is 0.373. The zero-order valence-electron chi connectivity index (χ0n) is 10.6. The average molecular weight is 352 g/mol. The van der Waals surface area contributed by atoms with Gasteiger partial charge >= 0.3 is 0 Å². The van der Waals surface area contributed by atoms with Crippen molar-refractivity contribution in [2.75, 3.05) is 5.32 Å². The number of carbonyl (C=O) groups is 1. The van der Waals surface area contributed by atoms with Gasteiger partial charge in [-0.2, -0.15) is 0 Å². The Labute approximate surface area is 129 Å². The summed E-state index contributed by atoms with van der Waals surface area (Å²) in [6, 6.07) is 5.68.